The van der Waals surface area contributed by atoms with E-state index in [4.69, 9.17) is 9.47 Å². The normalized spacial score (nSPS) is 18.4. The van der Waals surface area contributed by atoms with E-state index in [2.05, 4.69) is 46.4 Å². The van der Waals surface area contributed by atoms with Crippen LogP contribution in [-0.4, -0.2) is 59.1 Å². The Morgan fingerprint density at radius 2 is 1.88 bits per heavy atom. The monoisotopic (exact) mass is 433 g/mol. The van der Waals surface area contributed by atoms with Crippen molar-refractivity contribution in [3.8, 4) is 5.75 Å². The number of carbonyl (C=O) groups is 1. The quantitative estimate of drug-likeness (QED) is 0.630. The van der Waals surface area contributed by atoms with Crippen molar-refractivity contribution in [2.75, 3.05) is 38.2 Å². The van der Waals surface area contributed by atoms with Crippen LogP contribution in [0.4, 0.5) is 5.69 Å². The Morgan fingerprint density at radius 3 is 2.59 bits per heavy atom. The number of aromatic nitrogens is 3. The van der Waals surface area contributed by atoms with Crippen LogP contribution in [0.3, 0.4) is 0 Å². The third-order valence-electron chi connectivity index (χ3n) is 6.22. The lowest BCUT2D eigenvalue weighted by Crippen LogP contribution is -2.49. The van der Waals surface area contributed by atoms with E-state index in [1.165, 1.54) is 11.3 Å². The van der Waals surface area contributed by atoms with Crippen LogP contribution in [0.25, 0.3) is 0 Å². The van der Waals surface area contributed by atoms with Crippen molar-refractivity contribution in [2.24, 2.45) is 0 Å². The highest BCUT2D eigenvalue weighted by Gasteiger charge is 2.31. The van der Waals surface area contributed by atoms with Gasteiger partial charge in [-0.25, -0.2) is 4.68 Å². The first-order valence-electron chi connectivity index (χ1n) is 10.9. The van der Waals surface area contributed by atoms with E-state index >= 15 is 0 Å². The highest BCUT2D eigenvalue weighted by molar-refractivity contribution is 5.93. The minimum Gasteiger partial charge on any atom is -0.497 e. The van der Waals surface area contributed by atoms with Gasteiger partial charge in [-0.1, -0.05) is 29.5 Å². The van der Waals surface area contributed by atoms with Crippen molar-refractivity contribution >= 4 is 11.6 Å². The van der Waals surface area contributed by atoms with Gasteiger partial charge in [0.2, 0.25) is 0 Å². The molecule has 1 saturated heterocycles. The first-order valence-corrected chi connectivity index (χ1v) is 10.9. The van der Waals surface area contributed by atoms with Gasteiger partial charge < -0.3 is 19.3 Å². The van der Waals surface area contributed by atoms with Gasteiger partial charge in [-0.15, -0.1) is 5.10 Å². The van der Waals surface area contributed by atoms with Gasteiger partial charge in [0.1, 0.15) is 11.9 Å². The van der Waals surface area contributed by atoms with Crippen LogP contribution in [0.1, 0.15) is 33.4 Å². The highest BCUT2D eigenvalue weighted by Crippen LogP contribution is 2.28. The number of aryl methyl sites for hydroxylation is 1. The fraction of sp³-hybridized carbons (Fsp3) is 0.375. The number of amides is 1. The lowest BCUT2D eigenvalue weighted by Gasteiger charge is -2.36. The van der Waals surface area contributed by atoms with E-state index in [-0.39, 0.29) is 12.0 Å². The molecule has 3 heterocycles. The molecule has 0 saturated carbocycles. The molecule has 32 heavy (non-hydrogen) atoms. The second-order valence-electron chi connectivity index (χ2n) is 8.26. The average Bonchev–Trinajstić information content (AvgIpc) is 3.27. The van der Waals surface area contributed by atoms with Crippen LogP contribution >= 0.6 is 0 Å². The van der Waals surface area contributed by atoms with E-state index in [1.54, 1.807) is 11.8 Å². The first-order chi connectivity index (χ1) is 15.6. The Bertz CT molecular complexity index is 1100. The maximum atomic E-state index is 13.2. The van der Waals surface area contributed by atoms with Crippen LogP contribution in [0, 0.1) is 6.92 Å². The van der Waals surface area contributed by atoms with Gasteiger partial charge in [-0.3, -0.25) is 4.79 Å². The number of rotatable bonds is 4. The third kappa shape index (κ3) is 3.93. The van der Waals surface area contributed by atoms with Gasteiger partial charge in [0, 0.05) is 31.9 Å². The number of piperazine rings is 1. The number of carbonyl (C=O) groups excluding carboxylic acids is 1. The molecule has 1 amide bonds. The van der Waals surface area contributed by atoms with E-state index in [0.717, 1.165) is 30.1 Å². The fourth-order valence-corrected chi connectivity index (χ4v) is 4.34. The number of hydrogen-bond donors (Lipinski definition) is 0. The van der Waals surface area contributed by atoms with E-state index in [1.807, 2.05) is 29.2 Å². The van der Waals surface area contributed by atoms with Gasteiger partial charge in [0.05, 0.1) is 26.0 Å². The minimum absolute atomic E-state index is 0.0679. The van der Waals surface area contributed by atoms with Crippen molar-refractivity contribution in [2.45, 2.75) is 26.2 Å². The zero-order valence-electron chi connectivity index (χ0n) is 18.4. The van der Waals surface area contributed by atoms with Crippen LogP contribution in [-0.2, 0) is 17.9 Å². The fourth-order valence-electron chi connectivity index (χ4n) is 4.34. The molecular weight excluding hydrogens is 406 g/mol. The molecule has 8 heteroatoms. The van der Waals surface area contributed by atoms with Crippen LogP contribution in [0.2, 0.25) is 0 Å². The molecule has 0 N–H and O–H groups in total. The molecule has 0 spiro atoms. The summed E-state index contributed by atoms with van der Waals surface area (Å²) >= 11 is 0. The van der Waals surface area contributed by atoms with Crippen LogP contribution < -0.4 is 9.64 Å². The summed E-state index contributed by atoms with van der Waals surface area (Å²) in [5, 5.41) is 8.48. The van der Waals surface area contributed by atoms with Gasteiger partial charge >= 0.3 is 0 Å². The minimum atomic E-state index is -0.129. The third-order valence-corrected chi connectivity index (χ3v) is 6.22. The molecule has 3 aromatic rings. The summed E-state index contributed by atoms with van der Waals surface area (Å²) in [5.74, 6) is 0.739. The van der Waals surface area contributed by atoms with Crippen molar-refractivity contribution in [1.82, 2.24) is 19.9 Å². The maximum Gasteiger partial charge on any atom is 0.276 e. The average molecular weight is 434 g/mol. The lowest BCUT2D eigenvalue weighted by molar-refractivity contribution is -0.00198. The Morgan fingerprint density at radius 1 is 1.09 bits per heavy atom. The molecule has 0 bridgehead atoms. The molecule has 5 rings (SSSR count). The van der Waals surface area contributed by atoms with Crippen LogP contribution in [0.5, 0.6) is 5.75 Å². The van der Waals surface area contributed by atoms with E-state index in [9.17, 15) is 4.79 Å². The summed E-state index contributed by atoms with van der Waals surface area (Å²) in [6, 6.07) is 16.3. The smallest absolute Gasteiger partial charge is 0.276 e. The maximum absolute atomic E-state index is 13.2. The van der Waals surface area contributed by atoms with E-state index in [0.29, 0.717) is 31.9 Å². The molecule has 2 aromatic carbocycles. The summed E-state index contributed by atoms with van der Waals surface area (Å²) in [6.07, 6.45) is -0.129. The Balaban J connectivity index is 1.24. The number of nitrogens with zero attached hydrogens (tertiary/aromatic N) is 5. The molecule has 1 atom stereocenters. The van der Waals surface area contributed by atoms with Gasteiger partial charge in [0.25, 0.3) is 5.91 Å². The summed E-state index contributed by atoms with van der Waals surface area (Å²) in [4.78, 5) is 17.4. The Kier molecular flexibility index (Phi) is 5.53. The summed E-state index contributed by atoms with van der Waals surface area (Å²) in [7, 11) is 1.65. The summed E-state index contributed by atoms with van der Waals surface area (Å²) < 4.78 is 13.1. The predicted octanol–water partition coefficient (Wildman–Crippen LogP) is 2.83. The molecule has 0 unspecified atom stereocenters. The predicted molar refractivity (Wildman–Crippen MR) is 120 cm³/mol. The summed E-state index contributed by atoms with van der Waals surface area (Å²) in [5.41, 5.74) is 4.65. The number of benzene rings is 2. The Hall–Kier alpha value is -3.39. The molecule has 0 radical (unpaired) electrons. The molecule has 166 valence electrons. The molecule has 2 aliphatic heterocycles. The second-order valence-corrected chi connectivity index (χ2v) is 8.26. The largest absolute Gasteiger partial charge is 0.497 e. The number of ether oxygens (including phenoxy) is 2. The van der Waals surface area contributed by atoms with Gasteiger partial charge in [-0.2, -0.15) is 0 Å². The number of anilines is 1. The van der Waals surface area contributed by atoms with E-state index < -0.39 is 0 Å². The molecule has 1 aromatic heterocycles. The lowest BCUT2D eigenvalue weighted by atomic mass is 10.1. The highest BCUT2D eigenvalue weighted by atomic mass is 16.5. The van der Waals surface area contributed by atoms with Gasteiger partial charge in [-0.05, 0) is 42.3 Å². The molecule has 1 fully saturated rings. The standard InChI is InChI=1S/C24H27N5O3/c1-17-4-3-5-19(14-17)27-10-12-28(13-11-27)24(30)23-21-16-32-22(15-29(21)26-25-23)18-6-8-20(31-2)9-7-18/h3-9,14,22H,10-13,15-16H2,1-2H3/t22-/m1/s1. The first kappa shape index (κ1) is 20.5. The zero-order valence-corrected chi connectivity index (χ0v) is 18.4. The molecular formula is C24H27N5O3. The van der Waals surface area contributed by atoms with Gasteiger partial charge in [0.15, 0.2) is 5.69 Å². The number of fused-ring (bicyclic) bond motifs is 1. The topological polar surface area (TPSA) is 72.7 Å². The molecule has 8 nitrogen and oxygen atoms in total. The molecule has 2 aliphatic rings. The van der Waals surface area contributed by atoms with Crippen molar-refractivity contribution < 1.29 is 14.3 Å². The second kappa shape index (κ2) is 8.63. The number of methoxy groups -OCH3 is 1. The zero-order chi connectivity index (χ0) is 22.1. The van der Waals surface area contributed by atoms with Crippen molar-refractivity contribution in [3.63, 3.8) is 0 Å². The van der Waals surface area contributed by atoms with Crippen LogP contribution in [0.15, 0.2) is 48.5 Å². The van der Waals surface area contributed by atoms with Crippen molar-refractivity contribution in [1.29, 1.82) is 0 Å². The number of hydrogen-bond acceptors (Lipinski definition) is 6. The SMILES string of the molecule is COc1ccc([C@H]2Cn3nnc(C(=O)N4CCN(c5cccc(C)c5)CC4)c3CO2)cc1. The summed E-state index contributed by atoms with van der Waals surface area (Å²) in [6.45, 7) is 5.86. The Labute approximate surface area is 187 Å². The molecule has 0 aliphatic carbocycles. The van der Waals surface area contributed by atoms with Crippen molar-refractivity contribution in [3.05, 3.63) is 71.0 Å².